The summed E-state index contributed by atoms with van der Waals surface area (Å²) in [6.07, 6.45) is 0. The summed E-state index contributed by atoms with van der Waals surface area (Å²) in [5, 5.41) is 8.77. The van der Waals surface area contributed by atoms with E-state index >= 15 is 0 Å². The van der Waals surface area contributed by atoms with Gasteiger partial charge >= 0.3 is 0 Å². The van der Waals surface area contributed by atoms with Gasteiger partial charge in [-0.1, -0.05) is 13.8 Å². The Labute approximate surface area is 92.1 Å². The Hall–Kier alpha value is -1.49. The summed E-state index contributed by atoms with van der Waals surface area (Å²) in [6, 6.07) is 7.99. The molecule has 0 amide bonds. The van der Waals surface area contributed by atoms with Crippen LogP contribution in [0.3, 0.4) is 0 Å². The number of hydrogen-bond donors (Lipinski definition) is 0. The summed E-state index contributed by atoms with van der Waals surface area (Å²) < 4.78 is 0. The van der Waals surface area contributed by atoms with E-state index in [0.717, 1.165) is 17.7 Å². The molecule has 0 heterocycles. The second-order valence-corrected chi connectivity index (χ2v) is 4.39. The van der Waals surface area contributed by atoms with Crippen LogP contribution in [-0.2, 0) is 0 Å². The molecule has 0 aliphatic heterocycles. The van der Waals surface area contributed by atoms with Gasteiger partial charge in [0.2, 0.25) is 0 Å². The van der Waals surface area contributed by atoms with E-state index in [-0.39, 0.29) is 0 Å². The van der Waals surface area contributed by atoms with Gasteiger partial charge in [-0.2, -0.15) is 5.26 Å². The molecule has 0 N–H and O–H groups in total. The topological polar surface area (TPSA) is 27.0 Å². The van der Waals surface area contributed by atoms with Crippen molar-refractivity contribution in [2.75, 3.05) is 18.5 Å². The molecule has 0 saturated heterocycles. The van der Waals surface area contributed by atoms with Crippen LogP contribution >= 0.6 is 0 Å². The summed E-state index contributed by atoms with van der Waals surface area (Å²) >= 11 is 0. The molecule has 2 nitrogen and oxygen atoms in total. The molecule has 0 atom stereocenters. The summed E-state index contributed by atoms with van der Waals surface area (Å²) in [7, 11) is 2.09. The lowest BCUT2D eigenvalue weighted by Crippen LogP contribution is -2.23. The molecule has 1 rings (SSSR count). The highest BCUT2D eigenvalue weighted by Crippen LogP contribution is 2.20. The van der Waals surface area contributed by atoms with E-state index < -0.39 is 0 Å². The minimum atomic E-state index is 0.644. The molecule has 1 aromatic rings. The van der Waals surface area contributed by atoms with Gasteiger partial charge in [0.25, 0.3) is 0 Å². The van der Waals surface area contributed by atoms with Crippen molar-refractivity contribution in [3.63, 3.8) is 0 Å². The summed E-state index contributed by atoms with van der Waals surface area (Å²) in [5.41, 5.74) is 3.11. The third kappa shape index (κ3) is 2.99. The van der Waals surface area contributed by atoms with Gasteiger partial charge in [-0.3, -0.25) is 0 Å². The number of nitriles is 1. The lowest BCUT2D eigenvalue weighted by Gasteiger charge is -2.23. The maximum absolute atomic E-state index is 8.77. The van der Waals surface area contributed by atoms with Crippen molar-refractivity contribution in [3.8, 4) is 6.07 Å². The standard InChI is InChI=1S/C13H18N2/c1-10(2)9-15(4)13-6-5-12(8-14)7-11(13)3/h5-7,10H,9H2,1-4H3. The smallest absolute Gasteiger partial charge is 0.0991 e. The first-order valence-electron chi connectivity index (χ1n) is 5.26. The molecule has 80 valence electrons. The van der Waals surface area contributed by atoms with Crippen LogP contribution in [-0.4, -0.2) is 13.6 Å². The number of benzene rings is 1. The molecule has 0 fully saturated rings. The molecule has 0 aliphatic rings. The van der Waals surface area contributed by atoms with Crippen molar-refractivity contribution in [1.29, 1.82) is 5.26 Å². The predicted molar refractivity (Wildman–Crippen MR) is 64.0 cm³/mol. The minimum absolute atomic E-state index is 0.644. The second kappa shape index (κ2) is 4.84. The van der Waals surface area contributed by atoms with Crippen molar-refractivity contribution < 1.29 is 0 Å². The molecule has 0 bridgehead atoms. The maximum atomic E-state index is 8.77. The van der Waals surface area contributed by atoms with Crippen molar-refractivity contribution >= 4 is 5.69 Å². The Morgan fingerprint density at radius 3 is 2.53 bits per heavy atom. The number of aryl methyl sites for hydroxylation is 1. The van der Waals surface area contributed by atoms with Crippen LogP contribution < -0.4 is 4.90 Å². The maximum Gasteiger partial charge on any atom is 0.0991 e. The monoisotopic (exact) mass is 202 g/mol. The van der Waals surface area contributed by atoms with Gasteiger partial charge in [0.1, 0.15) is 0 Å². The van der Waals surface area contributed by atoms with Gasteiger partial charge in [0.15, 0.2) is 0 Å². The lowest BCUT2D eigenvalue weighted by atomic mass is 10.1. The van der Waals surface area contributed by atoms with Crippen LogP contribution in [0.5, 0.6) is 0 Å². The minimum Gasteiger partial charge on any atom is -0.374 e. The number of anilines is 1. The van der Waals surface area contributed by atoms with Gasteiger partial charge in [-0.05, 0) is 36.6 Å². The summed E-state index contributed by atoms with van der Waals surface area (Å²) in [5.74, 6) is 0.644. The van der Waals surface area contributed by atoms with Gasteiger partial charge in [-0.15, -0.1) is 0 Å². The molecular weight excluding hydrogens is 184 g/mol. The molecule has 0 aliphatic carbocycles. The molecule has 15 heavy (non-hydrogen) atoms. The molecule has 2 heteroatoms. The SMILES string of the molecule is Cc1cc(C#N)ccc1N(C)CC(C)C. The van der Waals surface area contributed by atoms with Gasteiger partial charge < -0.3 is 4.90 Å². The van der Waals surface area contributed by atoms with E-state index in [2.05, 4.69) is 31.9 Å². The number of nitrogens with zero attached hydrogens (tertiary/aromatic N) is 2. The van der Waals surface area contributed by atoms with E-state index in [1.54, 1.807) is 0 Å². The first-order chi connectivity index (χ1) is 7.04. The summed E-state index contributed by atoms with van der Waals surface area (Å²) in [4.78, 5) is 2.24. The van der Waals surface area contributed by atoms with Gasteiger partial charge in [-0.25, -0.2) is 0 Å². The van der Waals surface area contributed by atoms with Crippen LogP contribution in [0.2, 0.25) is 0 Å². The van der Waals surface area contributed by atoms with Crippen LogP contribution in [0.1, 0.15) is 25.0 Å². The van der Waals surface area contributed by atoms with E-state index in [9.17, 15) is 0 Å². The van der Waals surface area contributed by atoms with Crippen molar-refractivity contribution in [2.24, 2.45) is 5.92 Å². The van der Waals surface area contributed by atoms with Crippen LogP contribution in [0.15, 0.2) is 18.2 Å². The molecular formula is C13H18N2. The Kier molecular flexibility index (Phi) is 3.74. The Morgan fingerprint density at radius 2 is 2.07 bits per heavy atom. The molecule has 1 aromatic carbocycles. The van der Waals surface area contributed by atoms with E-state index in [1.165, 1.54) is 5.69 Å². The lowest BCUT2D eigenvalue weighted by molar-refractivity contribution is 0.638. The fraction of sp³-hybridized carbons (Fsp3) is 0.462. The highest BCUT2D eigenvalue weighted by atomic mass is 15.1. The zero-order valence-electron chi connectivity index (χ0n) is 9.91. The van der Waals surface area contributed by atoms with Crippen LogP contribution in [0.4, 0.5) is 5.69 Å². The Bertz CT molecular complexity index is 375. The normalized spacial score (nSPS) is 10.1. The molecule has 0 unspecified atom stereocenters. The fourth-order valence-electron chi connectivity index (χ4n) is 1.80. The fourth-order valence-corrected chi connectivity index (χ4v) is 1.80. The van der Waals surface area contributed by atoms with Gasteiger partial charge in [0, 0.05) is 19.3 Å². The average molecular weight is 202 g/mol. The average Bonchev–Trinajstić information content (AvgIpc) is 2.16. The van der Waals surface area contributed by atoms with Crippen LogP contribution in [0, 0.1) is 24.2 Å². The zero-order chi connectivity index (χ0) is 11.4. The third-order valence-electron chi connectivity index (χ3n) is 2.38. The Balaban J connectivity index is 2.91. The molecule has 0 aromatic heterocycles. The van der Waals surface area contributed by atoms with Crippen molar-refractivity contribution in [1.82, 2.24) is 0 Å². The highest BCUT2D eigenvalue weighted by molar-refractivity contribution is 5.55. The first kappa shape index (κ1) is 11.6. The van der Waals surface area contributed by atoms with Crippen molar-refractivity contribution in [3.05, 3.63) is 29.3 Å². The molecule has 0 radical (unpaired) electrons. The highest BCUT2D eigenvalue weighted by Gasteiger charge is 2.06. The van der Waals surface area contributed by atoms with Crippen molar-refractivity contribution in [2.45, 2.75) is 20.8 Å². The quantitative estimate of drug-likeness (QED) is 0.753. The third-order valence-corrected chi connectivity index (χ3v) is 2.38. The van der Waals surface area contributed by atoms with Crippen LogP contribution in [0.25, 0.3) is 0 Å². The largest absolute Gasteiger partial charge is 0.374 e. The second-order valence-electron chi connectivity index (χ2n) is 4.39. The summed E-state index contributed by atoms with van der Waals surface area (Å²) in [6.45, 7) is 7.49. The van der Waals surface area contributed by atoms with E-state index in [1.807, 2.05) is 25.1 Å². The molecule has 0 spiro atoms. The Morgan fingerprint density at radius 1 is 1.40 bits per heavy atom. The number of hydrogen-bond acceptors (Lipinski definition) is 2. The number of rotatable bonds is 3. The van der Waals surface area contributed by atoms with E-state index in [0.29, 0.717) is 5.92 Å². The predicted octanol–water partition coefficient (Wildman–Crippen LogP) is 2.96. The van der Waals surface area contributed by atoms with E-state index in [4.69, 9.17) is 5.26 Å². The van der Waals surface area contributed by atoms with Gasteiger partial charge in [0.05, 0.1) is 11.6 Å². The molecule has 0 saturated carbocycles. The zero-order valence-corrected chi connectivity index (χ0v) is 9.91. The first-order valence-corrected chi connectivity index (χ1v) is 5.26.